The molecule has 0 aliphatic carbocycles. The summed E-state index contributed by atoms with van der Waals surface area (Å²) in [5.74, 6) is -1.26. The van der Waals surface area contributed by atoms with Gasteiger partial charge in [0.05, 0.1) is 5.75 Å². The van der Waals surface area contributed by atoms with E-state index in [2.05, 4.69) is 0 Å². The van der Waals surface area contributed by atoms with Crippen molar-refractivity contribution >= 4 is 28.2 Å². The molecule has 0 radical (unpaired) electrons. The first-order valence-corrected chi connectivity index (χ1v) is 7.04. The van der Waals surface area contributed by atoms with E-state index < -0.39 is 21.8 Å². The molecule has 1 aromatic carbocycles. The van der Waals surface area contributed by atoms with Crippen LogP contribution in [0.2, 0.25) is 0 Å². The summed E-state index contributed by atoms with van der Waals surface area (Å²) < 4.78 is 23.4. The molecule has 1 aromatic rings. The van der Waals surface area contributed by atoms with E-state index in [1.807, 2.05) is 0 Å². The Morgan fingerprint density at radius 1 is 1.32 bits per heavy atom. The van der Waals surface area contributed by atoms with Gasteiger partial charge in [0.2, 0.25) is 0 Å². The van der Waals surface area contributed by atoms with Gasteiger partial charge in [-0.2, -0.15) is 0 Å². The molecule has 0 amide bonds. The third-order valence-corrected chi connectivity index (χ3v) is 3.56. The van der Waals surface area contributed by atoms with Gasteiger partial charge in [-0.15, -0.1) is 12.4 Å². The second-order valence-corrected chi connectivity index (χ2v) is 5.73. The van der Waals surface area contributed by atoms with Gasteiger partial charge in [-0.3, -0.25) is 4.79 Å². The molecule has 1 rings (SSSR count). The molecule has 7 heteroatoms. The molecule has 106 valence electrons. The predicted molar refractivity (Wildman–Crippen MR) is 75.7 cm³/mol. The number of hydrogen-bond donors (Lipinski definition) is 2. The van der Waals surface area contributed by atoms with Crippen molar-refractivity contribution in [2.75, 3.05) is 0 Å². The van der Waals surface area contributed by atoms with Crippen LogP contribution in [0.5, 0.6) is 0 Å². The summed E-state index contributed by atoms with van der Waals surface area (Å²) in [7, 11) is -3.39. The molecule has 19 heavy (non-hydrogen) atoms. The normalized spacial score (nSPS) is 12.9. The van der Waals surface area contributed by atoms with E-state index in [0.717, 1.165) is 5.41 Å². The Hall–Kier alpha value is -1.37. The van der Waals surface area contributed by atoms with Crippen LogP contribution >= 0.6 is 12.4 Å². The monoisotopic (exact) mass is 305 g/mol. The highest BCUT2D eigenvalue weighted by Gasteiger charge is 2.10. The minimum atomic E-state index is -3.39. The lowest BCUT2D eigenvalue weighted by atomic mass is 10.2. The number of carboxylic acids is 1. The van der Waals surface area contributed by atoms with E-state index in [9.17, 15) is 13.2 Å². The van der Waals surface area contributed by atoms with Crippen molar-refractivity contribution in [2.45, 2.75) is 18.2 Å². The van der Waals surface area contributed by atoms with Gasteiger partial charge < -0.3 is 10.8 Å². The smallest absolute Gasteiger partial charge is 0.320 e. The van der Waals surface area contributed by atoms with Gasteiger partial charge in [0.1, 0.15) is 6.04 Å². The Morgan fingerprint density at radius 2 is 1.89 bits per heavy atom. The average molecular weight is 306 g/mol. The number of rotatable bonds is 6. The molecule has 1 atom stereocenters. The number of hydrogen-bond acceptors (Lipinski definition) is 4. The van der Waals surface area contributed by atoms with Crippen LogP contribution in [0.25, 0.3) is 0 Å². The molecule has 0 fully saturated rings. The first-order valence-electron chi connectivity index (χ1n) is 5.32. The van der Waals surface area contributed by atoms with E-state index >= 15 is 0 Å². The standard InChI is InChI=1S/C12H15NO4S.ClH/c13-11(12(14)15)7-4-8-18(16,17)9-10-5-2-1-3-6-10;/h1-6,8,11H,7,9,13H2,(H,14,15);1H/t11-;/m0./s1. The van der Waals surface area contributed by atoms with E-state index in [4.69, 9.17) is 10.8 Å². The molecule has 0 saturated carbocycles. The molecule has 0 aliphatic rings. The van der Waals surface area contributed by atoms with E-state index in [1.165, 1.54) is 6.08 Å². The first kappa shape index (κ1) is 17.6. The van der Waals surface area contributed by atoms with Crippen LogP contribution in [0.4, 0.5) is 0 Å². The largest absolute Gasteiger partial charge is 0.480 e. The molecule has 0 heterocycles. The Labute approximate surface area is 118 Å². The second kappa shape index (κ2) is 7.93. The van der Waals surface area contributed by atoms with Gasteiger partial charge in [-0.25, -0.2) is 8.42 Å². The second-order valence-electron chi connectivity index (χ2n) is 3.85. The molecule has 3 N–H and O–H groups in total. The number of carbonyl (C=O) groups is 1. The summed E-state index contributed by atoms with van der Waals surface area (Å²) in [6, 6.07) is 7.68. The van der Waals surface area contributed by atoms with Crippen LogP contribution in [-0.2, 0) is 20.4 Å². The van der Waals surface area contributed by atoms with Crippen molar-refractivity contribution in [3.63, 3.8) is 0 Å². The molecular weight excluding hydrogens is 290 g/mol. The molecule has 0 aliphatic heterocycles. The van der Waals surface area contributed by atoms with Crippen LogP contribution in [0.15, 0.2) is 41.8 Å². The highest BCUT2D eigenvalue weighted by molar-refractivity contribution is 7.93. The van der Waals surface area contributed by atoms with E-state index in [1.54, 1.807) is 30.3 Å². The zero-order chi connectivity index (χ0) is 13.6. The minimum Gasteiger partial charge on any atom is -0.480 e. The maximum absolute atomic E-state index is 11.7. The third-order valence-electron chi connectivity index (χ3n) is 2.22. The number of benzene rings is 1. The van der Waals surface area contributed by atoms with Gasteiger partial charge in [-0.05, 0) is 12.0 Å². The predicted octanol–water partition coefficient (Wildman–Crippen LogP) is 1.34. The minimum absolute atomic E-state index is 0. The first-order chi connectivity index (χ1) is 8.41. The van der Waals surface area contributed by atoms with Crippen molar-refractivity contribution in [3.05, 3.63) is 47.4 Å². The van der Waals surface area contributed by atoms with Crippen LogP contribution < -0.4 is 5.73 Å². The number of aliphatic carboxylic acids is 1. The number of nitrogens with two attached hydrogens (primary N) is 1. The summed E-state index contributed by atoms with van der Waals surface area (Å²) in [5.41, 5.74) is 5.94. The fourth-order valence-corrected chi connectivity index (χ4v) is 2.46. The fourth-order valence-electron chi connectivity index (χ4n) is 1.30. The van der Waals surface area contributed by atoms with Crippen molar-refractivity contribution < 1.29 is 18.3 Å². The summed E-state index contributed by atoms with van der Waals surface area (Å²) in [5, 5.41) is 9.55. The Bertz CT molecular complexity index is 528. The molecule has 0 spiro atoms. The molecule has 0 saturated heterocycles. The zero-order valence-corrected chi connectivity index (χ0v) is 11.7. The molecule has 0 aromatic heterocycles. The SMILES string of the molecule is Cl.N[C@@H](CC=CS(=O)(=O)Cc1ccccc1)C(=O)O. The van der Waals surface area contributed by atoms with Crippen LogP contribution in [0.1, 0.15) is 12.0 Å². The lowest BCUT2D eigenvalue weighted by molar-refractivity contribution is -0.138. The van der Waals surface area contributed by atoms with Crippen molar-refractivity contribution in [1.29, 1.82) is 0 Å². The van der Waals surface area contributed by atoms with Crippen LogP contribution in [-0.4, -0.2) is 25.5 Å². The Morgan fingerprint density at radius 3 is 2.42 bits per heavy atom. The average Bonchev–Trinajstić information content (AvgIpc) is 2.29. The maximum atomic E-state index is 11.7. The van der Waals surface area contributed by atoms with Gasteiger partial charge in [0, 0.05) is 5.41 Å². The molecule has 0 bridgehead atoms. The molecule has 5 nitrogen and oxygen atoms in total. The lowest BCUT2D eigenvalue weighted by Gasteiger charge is -2.02. The Kier molecular flexibility index (Phi) is 7.36. The van der Waals surface area contributed by atoms with Crippen LogP contribution in [0.3, 0.4) is 0 Å². The number of halogens is 1. The van der Waals surface area contributed by atoms with Gasteiger partial charge in [0.15, 0.2) is 9.84 Å². The van der Waals surface area contributed by atoms with Crippen molar-refractivity contribution in [3.8, 4) is 0 Å². The highest BCUT2D eigenvalue weighted by Crippen LogP contribution is 2.07. The summed E-state index contributed by atoms with van der Waals surface area (Å²) in [6.07, 6.45) is 1.26. The number of carboxylic acid groups (broad SMARTS) is 1. The van der Waals surface area contributed by atoms with Gasteiger partial charge in [-0.1, -0.05) is 36.4 Å². The molecular formula is C12H16ClNO4S. The fraction of sp³-hybridized carbons (Fsp3) is 0.250. The maximum Gasteiger partial charge on any atom is 0.320 e. The number of sulfone groups is 1. The quantitative estimate of drug-likeness (QED) is 0.826. The molecule has 0 unspecified atom stereocenters. The van der Waals surface area contributed by atoms with Crippen molar-refractivity contribution in [2.24, 2.45) is 5.73 Å². The lowest BCUT2D eigenvalue weighted by Crippen LogP contribution is -2.29. The van der Waals surface area contributed by atoms with Crippen molar-refractivity contribution in [1.82, 2.24) is 0 Å². The third kappa shape index (κ3) is 6.95. The summed E-state index contributed by atoms with van der Waals surface area (Å²) in [6.45, 7) is 0. The topological polar surface area (TPSA) is 97.5 Å². The highest BCUT2D eigenvalue weighted by atomic mass is 35.5. The van der Waals surface area contributed by atoms with Gasteiger partial charge in [0.25, 0.3) is 0 Å². The van der Waals surface area contributed by atoms with Gasteiger partial charge >= 0.3 is 5.97 Å². The van der Waals surface area contributed by atoms with Crippen LogP contribution in [0, 0.1) is 0 Å². The zero-order valence-electron chi connectivity index (χ0n) is 10.1. The summed E-state index contributed by atoms with van der Waals surface area (Å²) in [4.78, 5) is 10.4. The van der Waals surface area contributed by atoms with E-state index in [0.29, 0.717) is 5.56 Å². The Balaban J connectivity index is 0.00000324. The van der Waals surface area contributed by atoms with E-state index in [-0.39, 0.29) is 24.6 Å². The summed E-state index contributed by atoms with van der Waals surface area (Å²) >= 11 is 0.